The Hall–Kier alpha value is -1.42. The van der Waals surface area contributed by atoms with E-state index in [9.17, 15) is 9.18 Å². The summed E-state index contributed by atoms with van der Waals surface area (Å²) >= 11 is 0. The van der Waals surface area contributed by atoms with E-state index >= 15 is 0 Å². The molecule has 0 aliphatic carbocycles. The van der Waals surface area contributed by atoms with Gasteiger partial charge in [0.1, 0.15) is 5.82 Å². The van der Waals surface area contributed by atoms with E-state index < -0.39 is 11.8 Å². The van der Waals surface area contributed by atoms with Crippen LogP contribution >= 0.6 is 0 Å². The summed E-state index contributed by atoms with van der Waals surface area (Å²) in [5, 5.41) is 9.15. The highest BCUT2D eigenvalue weighted by atomic mass is 19.1. The van der Waals surface area contributed by atoms with Gasteiger partial charge in [-0.15, -0.1) is 0 Å². The van der Waals surface area contributed by atoms with Crippen LogP contribution in [0.25, 0.3) is 0 Å². The normalized spacial score (nSPS) is 17.3. The van der Waals surface area contributed by atoms with E-state index in [1.807, 2.05) is 0 Å². The largest absolute Gasteiger partial charge is 0.478 e. The third-order valence-corrected chi connectivity index (χ3v) is 4.10. The number of carboxylic acids is 1. The van der Waals surface area contributed by atoms with Gasteiger partial charge in [-0.1, -0.05) is 25.8 Å². The monoisotopic (exact) mass is 279 g/mol. The van der Waals surface area contributed by atoms with Gasteiger partial charge in [0.2, 0.25) is 0 Å². The van der Waals surface area contributed by atoms with Crippen molar-refractivity contribution in [2.75, 3.05) is 13.1 Å². The van der Waals surface area contributed by atoms with Crippen LogP contribution in [0.3, 0.4) is 0 Å². The molecule has 3 nitrogen and oxygen atoms in total. The summed E-state index contributed by atoms with van der Waals surface area (Å²) in [4.78, 5) is 13.4. The molecule has 1 N–H and O–H groups in total. The maximum Gasteiger partial charge on any atom is 0.336 e. The van der Waals surface area contributed by atoms with Gasteiger partial charge in [0.15, 0.2) is 0 Å². The average Bonchev–Trinajstić information content (AvgIpc) is 2.43. The molecule has 0 spiro atoms. The van der Waals surface area contributed by atoms with E-state index in [1.165, 1.54) is 31.7 Å². The molecule has 0 atom stereocenters. The molecule has 0 radical (unpaired) electrons. The lowest BCUT2D eigenvalue weighted by Crippen LogP contribution is -2.33. The van der Waals surface area contributed by atoms with E-state index in [0.29, 0.717) is 12.1 Å². The molecule has 1 fully saturated rings. The van der Waals surface area contributed by atoms with Crippen molar-refractivity contribution in [3.8, 4) is 0 Å². The third kappa shape index (κ3) is 3.79. The molecular formula is C16H22FNO2. The van der Waals surface area contributed by atoms with Gasteiger partial charge in [-0.2, -0.15) is 0 Å². The van der Waals surface area contributed by atoms with Crippen LogP contribution in [0.15, 0.2) is 18.2 Å². The van der Waals surface area contributed by atoms with Crippen molar-refractivity contribution in [3.05, 3.63) is 35.1 Å². The van der Waals surface area contributed by atoms with Crippen molar-refractivity contribution < 1.29 is 14.3 Å². The van der Waals surface area contributed by atoms with Crippen molar-refractivity contribution in [3.63, 3.8) is 0 Å². The predicted octanol–water partition coefficient (Wildman–Crippen LogP) is 3.54. The first-order valence-electron chi connectivity index (χ1n) is 7.34. The first-order valence-corrected chi connectivity index (χ1v) is 7.34. The molecule has 1 aromatic rings. The van der Waals surface area contributed by atoms with Gasteiger partial charge in [0.25, 0.3) is 0 Å². The summed E-state index contributed by atoms with van der Waals surface area (Å²) in [6.45, 7) is 4.81. The molecule has 110 valence electrons. The van der Waals surface area contributed by atoms with Crippen molar-refractivity contribution in [2.24, 2.45) is 5.92 Å². The molecule has 1 aromatic carbocycles. The highest BCUT2D eigenvalue weighted by Gasteiger charge is 2.20. The van der Waals surface area contributed by atoms with Crippen molar-refractivity contribution >= 4 is 5.97 Å². The molecule has 1 saturated heterocycles. The highest BCUT2D eigenvalue weighted by Crippen LogP contribution is 2.23. The van der Waals surface area contributed by atoms with Gasteiger partial charge >= 0.3 is 5.97 Å². The number of halogens is 1. The number of benzene rings is 1. The molecule has 2 rings (SSSR count). The molecule has 0 unspecified atom stereocenters. The second-order valence-corrected chi connectivity index (χ2v) is 5.61. The van der Waals surface area contributed by atoms with Crippen LogP contribution in [-0.2, 0) is 6.54 Å². The average molecular weight is 279 g/mol. The standard InChI is InChI=1S/C16H22FNO2/c1-2-3-12-6-8-18(9-7-12)11-13-4-5-14(17)10-15(13)16(19)20/h4-5,10,12H,2-3,6-9,11H2,1H3,(H,19,20). The molecule has 0 saturated carbocycles. The van der Waals surface area contributed by atoms with E-state index in [-0.39, 0.29) is 5.56 Å². The fourth-order valence-corrected chi connectivity index (χ4v) is 2.97. The predicted molar refractivity (Wildman–Crippen MR) is 76.3 cm³/mol. The number of carbonyl (C=O) groups is 1. The number of piperidine rings is 1. The van der Waals surface area contributed by atoms with E-state index in [0.717, 1.165) is 25.1 Å². The van der Waals surface area contributed by atoms with Crippen LogP contribution in [0.4, 0.5) is 4.39 Å². The number of hydrogen-bond acceptors (Lipinski definition) is 2. The lowest BCUT2D eigenvalue weighted by atomic mass is 9.92. The third-order valence-electron chi connectivity index (χ3n) is 4.10. The van der Waals surface area contributed by atoms with Crippen LogP contribution in [-0.4, -0.2) is 29.1 Å². The Balaban J connectivity index is 1.99. The second kappa shape index (κ2) is 6.84. The van der Waals surface area contributed by atoms with Gasteiger partial charge in [-0.05, 0) is 49.5 Å². The Kier molecular flexibility index (Phi) is 5.12. The Labute approximate surface area is 119 Å². The zero-order valence-corrected chi connectivity index (χ0v) is 11.9. The number of hydrogen-bond donors (Lipinski definition) is 1. The number of rotatable bonds is 5. The summed E-state index contributed by atoms with van der Waals surface area (Å²) in [7, 11) is 0. The van der Waals surface area contributed by atoms with Crippen LogP contribution in [0.5, 0.6) is 0 Å². The SMILES string of the molecule is CCCC1CCN(Cc2ccc(F)cc2C(=O)O)CC1. The summed E-state index contributed by atoms with van der Waals surface area (Å²) < 4.78 is 13.1. The molecule has 0 aromatic heterocycles. The molecule has 1 aliphatic heterocycles. The molecule has 0 amide bonds. The van der Waals surface area contributed by atoms with Crippen LogP contribution in [0.2, 0.25) is 0 Å². The van der Waals surface area contributed by atoms with Gasteiger partial charge in [0, 0.05) is 6.54 Å². The van der Waals surface area contributed by atoms with Crippen molar-refractivity contribution in [2.45, 2.75) is 39.2 Å². The molecule has 0 bridgehead atoms. The van der Waals surface area contributed by atoms with Crippen molar-refractivity contribution in [1.29, 1.82) is 0 Å². The summed E-state index contributed by atoms with van der Waals surface area (Å²) in [6, 6.07) is 4.05. The fourth-order valence-electron chi connectivity index (χ4n) is 2.97. The molecule has 4 heteroatoms. The molecular weight excluding hydrogens is 257 g/mol. The zero-order chi connectivity index (χ0) is 14.5. The minimum Gasteiger partial charge on any atom is -0.478 e. The smallest absolute Gasteiger partial charge is 0.336 e. The summed E-state index contributed by atoms with van der Waals surface area (Å²) in [6.07, 6.45) is 4.87. The molecule has 1 aliphatic rings. The molecule has 20 heavy (non-hydrogen) atoms. The number of likely N-dealkylation sites (tertiary alicyclic amines) is 1. The lowest BCUT2D eigenvalue weighted by molar-refractivity contribution is 0.0693. The maximum atomic E-state index is 13.1. The maximum absolute atomic E-state index is 13.1. The van der Waals surface area contributed by atoms with Crippen LogP contribution < -0.4 is 0 Å². The summed E-state index contributed by atoms with van der Waals surface area (Å²) in [5.41, 5.74) is 0.786. The number of carboxylic acid groups (broad SMARTS) is 1. The van der Waals surface area contributed by atoms with Crippen LogP contribution in [0.1, 0.15) is 48.5 Å². The Morgan fingerprint density at radius 2 is 2.10 bits per heavy atom. The van der Waals surface area contributed by atoms with Gasteiger partial charge in [0.05, 0.1) is 5.56 Å². The summed E-state index contributed by atoms with van der Waals surface area (Å²) in [5.74, 6) is -0.739. The second-order valence-electron chi connectivity index (χ2n) is 5.61. The van der Waals surface area contributed by atoms with Gasteiger partial charge in [-0.25, -0.2) is 9.18 Å². The first-order chi connectivity index (χ1) is 9.60. The quantitative estimate of drug-likeness (QED) is 0.896. The van der Waals surface area contributed by atoms with Gasteiger partial charge < -0.3 is 5.11 Å². The highest BCUT2D eigenvalue weighted by molar-refractivity contribution is 5.89. The lowest BCUT2D eigenvalue weighted by Gasteiger charge is -2.32. The van der Waals surface area contributed by atoms with E-state index in [4.69, 9.17) is 5.11 Å². The van der Waals surface area contributed by atoms with Crippen LogP contribution in [0, 0.1) is 11.7 Å². The van der Waals surface area contributed by atoms with Crippen molar-refractivity contribution in [1.82, 2.24) is 4.90 Å². The zero-order valence-electron chi connectivity index (χ0n) is 11.9. The topological polar surface area (TPSA) is 40.5 Å². The van der Waals surface area contributed by atoms with E-state index in [1.54, 1.807) is 6.07 Å². The Morgan fingerprint density at radius 3 is 2.70 bits per heavy atom. The number of nitrogens with zero attached hydrogens (tertiary/aromatic N) is 1. The Bertz CT molecular complexity index is 468. The fraction of sp³-hybridized carbons (Fsp3) is 0.562. The first kappa shape index (κ1) is 15.0. The molecule has 1 heterocycles. The number of aromatic carboxylic acids is 1. The van der Waals surface area contributed by atoms with Gasteiger partial charge in [-0.3, -0.25) is 4.90 Å². The minimum absolute atomic E-state index is 0.0840. The Morgan fingerprint density at radius 1 is 1.40 bits per heavy atom. The minimum atomic E-state index is -1.06. The van der Waals surface area contributed by atoms with E-state index in [2.05, 4.69) is 11.8 Å².